The molecule has 3 aromatic heterocycles. The summed E-state index contributed by atoms with van der Waals surface area (Å²) in [5.74, 6) is -0.610. The zero-order valence-electron chi connectivity index (χ0n) is 13.5. The number of nitrogen functional groups attached to an aromatic ring is 1. The van der Waals surface area contributed by atoms with Gasteiger partial charge in [-0.2, -0.15) is 0 Å². The lowest BCUT2D eigenvalue weighted by molar-refractivity contribution is -0.137. The second-order valence-corrected chi connectivity index (χ2v) is 5.84. The molecule has 25 heavy (non-hydrogen) atoms. The minimum Gasteiger partial charge on any atom is -0.480 e. The lowest BCUT2D eigenvalue weighted by atomic mass is 10.0. The van der Waals surface area contributed by atoms with E-state index in [4.69, 9.17) is 5.73 Å². The number of carboxylic acid groups (broad SMARTS) is 1. The molecule has 4 aromatic rings. The molecule has 7 nitrogen and oxygen atoms in total. The average molecular weight is 333 g/mol. The molecule has 0 saturated carbocycles. The zero-order chi connectivity index (χ0) is 17.6. The molecule has 0 atom stereocenters. The Morgan fingerprint density at radius 1 is 1.24 bits per heavy atom. The topological polar surface area (TPSA) is 107 Å². The highest BCUT2D eigenvalue weighted by molar-refractivity contribution is 6.13. The molecule has 3 heterocycles. The van der Waals surface area contributed by atoms with E-state index in [9.17, 15) is 9.90 Å². The lowest BCUT2D eigenvalue weighted by Gasteiger charge is -2.08. The number of benzene rings is 1. The molecule has 3 N–H and O–H groups in total. The number of pyridine rings is 1. The normalized spacial score (nSPS) is 11.2. The van der Waals surface area contributed by atoms with Crippen LogP contribution in [0.3, 0.4) is 0 Å². The molecule has 0 radical (unpaired) electrons. The van der Waals surface area contributed by atoms with Crippen LogP contribution in [-0.4, -0.2) is 30.6 Å². The van der Waals surface area contributed by atoms with Crippen molar-refractivity contribution in [1.29, 1.82) is 0 Å². The number of nitrogens with zero attached hydrogens (tertiary/aromatic N) is 4. The summed E-state index contributed by atoms with van der Waals surface area (Å²) in [6, 6.07) is 9.67. The molecular weight excluding hydrogens is 318 g/mol. The smallest absolute Gasteiger partial charge is 0.323 e. The van der Waals surface area contributed by atoms with Crippen LogP contribution >= 0.6 is 0 Å². The van der Waals surface area contributed by atoms with Crippen LogP contribution in [-0.2, 0) is 11.3 Å². The van der Waals surface area contributed by atoms with Gasteiger partial charge in [0.15, 0.2) is 0 Å². The van der Waals surface area contributed by atoms with E-state index in [0.717, 1.165) is 27.7 Å². The number of hydrogen-bond donors (Lipinski definition) is 2. The third-order valence-electron chi connectivity index (χ3n) is 4.21. The second-order valence-electron chi connectivity index (χ2n) is 5.84. The number of rotatable bonds is 3. The van der Waals surface area contributed by atoms with E-state index in [-0.39, 0.29) is 6.54 Å². The molecule has 0 unspecified atom stereocenters. The summed E-state index contributed by atoms with van der Waals surface area (Å²) in [4.78, 5) is 24.1. The SMILES string of the molecule is Cc1cc(-c2ccccn2)cc2c3c(N)ncnc3n(CC(=O)O)c12. The molecule has 0 aliphatic heterocycles. The van der Waals surface area contributed by atoms with E-state index in [2.05, 4.69) is 15.0 Å². The van der Waals surface area contributed by atoms with Crippen LogP contribution in [0.4, 0.5) is 5.82 Å². The highest BCUT2D eigenvalue weighted by atomic mass is 16.4. The van der Waals surface area contributed by atoms with Gasteiger partial charge in [0.25, 0.3) is 0 Å². The standard InChI is InChI=1S/C18H15N5O2/c1-10-6-11(13-4-2-3-5-20-13)7-12-15-17(19)21-9-22-18(15)23(16(10)12)8-14(24)25/h2-7,9H,8H2,1H3,(H,24,25)(H2,19,21,22). The predicted octanol–water partition coefficient (Wildman–Crippen LogP) is 2.62. The van der Waals surface area contributed by atoms with E-state index < -0.39 is 5.97 Å². The van der Waals surface area contributed by atoms with Crippen LogP contribution in [0.15, 0.2) is 42.9 Å². The number of aryl methyl sites for hydroxylation is 1. The van der Waals surface area contributed by atoms with Crippen LogP contribution in [0.2, 0.25) is 0 Å². The van der Waals surface area contributed by atoms with Gasteiger partial charge in [-0.05, 0) is 36.8 Å². The van der Waals surface area contributed by atoms with Crippen LogP contribution in [0.25, 0.3) is 33.2 Å². The minimum atomic E-state index is -0.941. The van der Waals surface area contributed by atoms with Gasteiger partial charge >= 0.3 is 5.97 Å². The van der Waals surface area contributed by atoms with Crippen LogP contribution in [0.1, 0.15) is 5.56 Å². The molecule has 124 valence electrons. The van der Waals surface area contributed by atoms with Crippen LogP contribution in [0, 0.1) is 6.92 Å². The van der Waals surface area contributed by atoms with Crippen molar-refractivity contribution in [2.75, 3.05) is 5.73 Å². The number of aliphatic carboxylic acids is 1. The molecule has 7 heteroatoms. The number of anilines is 1. The highest BCUT2D eigenvalue weighted by Crippen LogP contribution is 2.35. The van der Waals surface area contributed by atoms with Gasteiger partial charge in [-0.1, -0.05) is 6.07 Å². The van der Waals surface area contributed by atoms with Gasteiger partial charge < -0.3 is 15.4 Å². The van der Waals surface area contributed by atoms with Gasteiger partial charge in [0.05, 0.1) is 16.6 Å². The van der Waals surface area contributed by atoms with Gasteiger partial charge in [-0.3, -0.25) is 9.78 Å². The number of fused-ring (bicyclic) bond motifs is 3. The highest BCUT2D eigenvalue weighted by Gasteiger charge is 2.19. The van der Waals surface area contributed by atoms with E-state index in [1.807, 2.05) is 37.3 Å². The van der Waals surface area contributed by atoms with Gasteiger partial charge in [0.1, 0.15) is 24.3 Å². The van der Waals surface area contributed by atoms with Crippen LogP contribution < -0.4 is 5.73 Å². The third-order valence-corrected chi connectivity index (χ3v) is 4.21. The second kappa shape index (κ2) is 5.55. The third kappa shape index (κ3) is 2.37. The van der Waals surface area contributed by atoms with Crippen molar-refractivity contribution in [2.24, 2.45) is 0 Å². The maximum Gasteiger partial charge on any atom is 0.323 e. The summed E-state index contributed by atoms with van der Waals surface area (Å²) in [5.41, 5.74) is 10.1. The monoisotopic (exact) mass is 333 g/mol. The van der Waals surface area contributed by atoms with E-state index in [1.165, 1.54) is 6.33 Å². The average Bonchev–Trinajstić information content (AvgIpc) is 2.91. The Morgan fingerprint density at radius 2 is 2.08 bits per heavy atom. The summed E-state index contributed by atoms with van der Waals surface area (Å²) in [5, 5.41) is 10.8. The van der Waals surface area contributed by atoms with E-state index in [1.54, 1.807) is 10.8 Å². The van der Waals surface area contributed by atoms with E-state index in [0.29, 0.717) is 16.9 Å². The summed E-state index contributed by atoms with van der Waals surface area (Å²) in [6.07, 6.45) is 3.09. The largest absolute Gasteiger partial charge is 0.480 e. The molecule has 4 rings (SSSR count). The fraction of sp³-hybridized carbons (Fsp3) is 0.111. The predicted molar refractivity (Wildman–Crippen MR) is 95.1 cm³/mol. The molecule has 0 fully saturated rings. The molecule has 0 saturated heterocycles. The Kier molecular flexibility index (Phi) is 3.35. The maximum atomic E-state index is 11.3. The zero-order valence-corrected chi connectivity index (χ0v) is 13.5. The molecule has 0 aliphatic rings. The number of aromatic nitrogens is 4. The number of carbonyl (C=O) groups is 1. The fourth-order valence-electron chi connectivity index (χ4n) is 3.26. The summed E-state index contributed by atoms with van der Waals surface area (Å²) in [6.45, 7) is 1.75. The van der Waals surface area contributed by atoms with Crippen molar-refractivity contribution in [2.45, 2.75) is 13.5 Å². The summed E-state index contributed by atoms with van der Waals surface area (Å²) < 4.78 is 1.67. The first-order valence-corrected chi connectivity index (χ1v) is 7.72. The molecular formula is C18H15N5O2. The minimum absolute atomic E-state index is 0.194. The van der Waals surface area contributed by atoms with Crippen molar-refractivity contribution < 1.29 is 9.90 Å². The van der Waals surface area contributed by atoms with Gasteiger partial charge in [0.2, 0.25) is 0 Å². The first-order valence-electron chi connectivity index (χ1n) is 7.72. The first kappa shape index (κ1) is 15.1. The number of hydrogen-bond acceptors (Lipinski definition) is 5. The lowest BCUT2D eigenvalue weighted by Crippen LogP contribution is -2.09. The first-order chi connectivity index (χ1) is 12.1. The fourth-order valence-corrected chi connectivity index (χ4v) is 3.26. The van der Waals surface area contributed by atoms with Gasteiger partial charge in [-0.25, -0.2) is 9.97 Å². The molecule has 0 aliphatic carbocycles. The Balaban J connectivity index is 2.13. The quantitative estimate of drug-likeness (QED) is 0.597. The van der Waals surface area contributed by atoms with Crippen molar-refractivity contribution >= 4 is 33.7 Å². The molecule has 0 bridgehead atoms. The van der Waals surface area contributed by atoms with Crippen LogP contribution in [0.5, 0.6) is 0 Å². The van der Waals surface area contributed by atoms with Crippen molar-refractivity contribution in [3.8, 4) is 11.3 Å². The van der Waals surface area contributed by atoms with Crippen molar-refractivity contribution in [1.82, 2.24) is 19.5 Å². The Bertz CT molecular complexity index is 1120. The van der Waals surface area contributed by atoms with Crippen molar-refractivity contribution in [3.63, 3.8) is 0 Å². The van der Waals surface area contributed by atoms with Gasteiger partial charge in [0, 0.05) is 17.1 Å². The Morgan fingerprint density at radius 3 is 2.80 bits per heavy atom. The molecule has 0 amide bonds. The summed E-state index contributed by atoms with van der Waals surface area (Å²) in [7, 11) is 0. The maximum absolute atomic E-state index is 11.3. The van der Waals surface area contributed by atoms with Gasteiger partial charge in [-0.15, -0.1) is 0 Å². The van der Waals surface area contributed by atoms with Crippen molar-refractivity contribution in [3.05, 3.63) is 48.4 Å². The number of carboxylic acids is 1. The Hall–Kier alpha value is -3.48. The molecule has 1 aromatic carbocycles. The summed E-state index contributed by atoms with van der Waals surface area (Å²) >= 11 is 0. The van der Waals surface area contributed by atoms with E-state index >= 15 is 0 Å². The number of nitrogens with two attached hydrogens (primary N) is 1. The Labute approximate surface area is 142 Å². The molecule has 0 spiro atoms.